The SMILES string of the molecule is O=C(Cn1c2ccccc2c(=O)c2ccccc21)NNC1=CC(Br)=C(O)C(Br)C1. The maximum atomic E-state index is 12.8. The number of aliphatic hydroxyl groups is 1. The highest BCUT2D eigenvalue weighted by Gasteiger charge is 2.20. The molecular formula is C21H17Br2N3O3. The average molecular weight is 519 g/mol. The molecule has 0 fully saturated rings. The van der Waals surface area contributed by atoms with Crippen molar-refractivity contribution >= 4 is 59.6 Å². The Hall–Kier alpha value is -2.58. The number of benzene rings is 2. The number of carbonyl (C=O) groups is 1. The Morgan fingerprint density at radius 1 is 1.10 bits per heavy atom. The first-order valence-corrected chi connectivity index (χ1v) is 10.6. The van der Waals surface area contributed by atoms with Crippen LogP contribution in [-0.2, 0) is 11.3 Å². The minimum absolute atomic E-state index is 0.0432. The fourth-order valence-electron chi connectivity index (χ4n) is 3.39. The number of para-hydroxylation sites is 2. The molecule has 1 unspecified atom stereocenters. The summed E-state index contributed by atoms with van der Waals surface area (Å²) in [5.74, 6) is -0.0426. The lowest BCUT2D eigenvalue weighted by Gasteiger charge is -2.21. The molecule has 3 N–H and O–H groups in total. The van der Waals surface area contributed by atoms with E-state index >= 15 is 0 Å². The van der Waals surface area contributed by atoms with Gasteiger partial charge in [-0.05, 0) is 46.3 Å². The molecule has 0 saturated heterocycles. The maximum Gasteiger partial charge on any atom is 0.258 e. The van der Waals surface area contributed by atoms with Gasteiger partial charge in [-0.3, -0.25) is 15.0 Å². The standard InChI is InChI=1S/C21H17Br2N3O3/c22-15-9-12(10-16(23)21(15)29)24-25-19(27)11-26-17-7-3-1-5-13(17)20(28)14-6-2-4-8-18(14)26/h1-9,16,24,29H,10-11H2,(H,25,27). The Balaban J connectivity index is 1.62. The van der Waals surface area contributed by atoms with Gasteiger partial charge in [0.1, 0.15) is 12.3 Å². The average Bonchev–Trinajstić information content (AvgIpc) is 2.73. The van der Waals surface area contributed by atoms with Crippen LogP contribution in [0.15, 0.2) is 75.3 Å². The van der Waals surface area contributed by atoms with Crippen LogP contribution < -0.4 is 16.3 Å². The number of hydrogen-bond donors (Lipinski definition) is 3. The molecule has 148 valence electrons. The van der Waals surface area contributed by atoms with Gasteiger partial charge in [0.25, 0.3) is 5.91 Å². The van der Waals surface area contributed by atoms with Gasteiger partial charge in [0.05, 0.1) is 20.3 Å². The molecule has 0 saturated carbocycles. The number of amides is 1. The second-order valence-electron chi connectivity index (χ2n) is 6.70. The van der Waals surface area contributed by atoms with E-state index in [4.69, 9.17) is 0 Å². The van der Waals surface area contributed by atoms with Crippen LogP contribution in [-0.4, -0.2) is 20.4 Å². The molecule has 1 atom stereocenters. The minimum atomic E-state index is -0.258. The van der Waals surface area contributed by atoms with Crippen molar-refractivity contribution in [3.05, 3.63) is 80.8 Å². The fourth-order valence-corrected chi connectivity index (χ4v) is 4.85. The summed E-state index contributed by atoms with van der Waals surface area (Å²) in [6.07, 6.45) is 2.22. The van der Waals surface area contributed by atoms with Crippen molar-refractivity contribution in [2.45, 2.75) is 17.8 Å². The van der Waals surface area contributed by atoms with Gasteiger partial charge in [-0.25, -0.2) is 0 Å². The zero-order chi connectivity index (χ0) is 20.5. The first-order chi connectivity index (χ1) is 14.0. The molecule has 1 amide bonds. The van der Waals surface area contributed by atoms with Crippen molar-refractivity contribution in [1.29, 1.82) is 0 Å². The third-order valence-electron chi connectivity index (χ3n) is 4.78. The van der Waals surface area contributed by atoms with Crippen LogP contribution in [0.4, 0.5) is 0 Å². The summed E-state index contributed by atoms with van der Waals surface area (Å²) < 4.78 is 2.40. The highest BCUT2D eigenvalue weighted by Crippen LogP contribution is 2.29. The van der Waals surface area contributed by atoms with E-state index in [1.165, 1.54) is 0 Å². The summed E-state index contributed by atoms with van der Waals surface area (Å²) in [4.78, 5) is 25.2. The molecule has 6 nitrogen and oxygen atoms in total. The van der Waals surface area contributed by atoms with Gasteiger partial charge >= 0.3 is 0 Å². The van der Waals surface area contributed by atoms with Crippen LogP contribution in [0.25, 0.3) is 21.8 Å². The van der Waals surface area contributed by atoms with Gasteiger partial charge in [0.2, 0.25) is 0 Å². The first kappa shape index (κ1) is 19.7. The third-order valence-corrected chi connectivity index (χ3v) is 6.18. The topological polar surface area (TPSA) is 83.4 Å². The van der Waals surface area contributed by atoms with Crippen molar-refractivity contribution in [2.75, 3.05) is 0 Å². The van der Waals surface area contributed by atoms with Crippen molar-refractivity contribution in [3.63, 3.8) is 0 Å². The monoisotopic (exact) mass is 517 g/mol. The van der Waals surface area contributed by atoms with Crippen LogP contribution in [0, 0.1) is 0 Å². The molecule has 0 radical (unpaired) electrons. The van der Waals surface area contributed by atoms with Crippen molar-refractivity contribution in [3.8, 4) is 0 Å². The van der Waals surface area contributed by atoms with E-state index in [-0.39, 0.29) is 28.5 Å². The van der Waals surface area contributed by atoms with Gasteiger partial charge in [-0.2, -0.15) is 0 Å². The Kier molecular flexibility index (Phi) is 5.47. The van der Waals surface area contributed by atoms with E-state index in [9.17, 15) is 14.7 Å². The number of nitrogens with zero attached hydrogens (tertiary/aromatic N) is 1. The molecule has 1 heterocycles. The number of hydrogen-bond acceptors (Lipinski definition) is 4. The van der Waals surface area contributed by atoms with Crippen molar-refractivity contribution in [2.24, 2.45) is 0 Å². The van der Waals surface area contributed by atoms with Gasteiger partial charge in [-0.15, -0.1) is 0 Å². The Morgan fingerprint density at radius 2 is 1.69 bits per heavy atom. The molecule has 3 aromatic rings. The van der Waals surface area contributed by atoms with Gasteiger partial charge in [0.15, 0.2) is 5.43 Å². The van der Waals surface area contributed by atoms with Crippen LogP contribution in [0.2, 0.25) is 0 Å². The summed E-state index contributed by atoms with van der Waals surface area (Å²) in [6, 6.07) is 14.6. The summed E-state index contributed by atoms with van der Waals surface area (Å²) in [5, 5.41) is 11.0. The second-order valence-corrected chi connectivity index (χ2v) is 8.66. The van der Waals surface area contributed by atoms with Gasteiger partial charge in [-0.1, -0.05) is 40.2 Å². The maximum absolute atomic E-state index is 12.8. The van der Waals surface area contributed by atoms with E-state index in [0.29, 0.717) is 32.7 Å². The number of hydrazine groups is 1. The number of aromatic nitrogens is 1. The zero-order valence-corrected chi connectivity index (χ0v) is 18.3. The molecule has 0 aliphatic heterocycles. The number of halogens is 2. The van der Waals surface area contributed by atoms with Crippen LogP contribution >= 0.6 is 31.9 Å². The van der Waals surface area contributed by atoms with Gasteiger partial charge < -0.3 is 15.1 Å². The highest BCUT2D eigenvalue weighted by molar-refractivity contribution is 9.12. The summed E-state index contributed by atoms with van der Waals surface area (Å²) >= 11 is 6.68. The first-order valence-electron chi connectivity index (χ1n) is 8.94. The summed E-state index contributed by atoms with van der Waals surface area (Å²) in [6.45, 7) is 0.0432. The molecule has 29 heavy (non-hydrogen) atoms. The number of rotatable bonds is 4. The van der Waals surface area contributed by atoms with Crippen LogP contribution in [0.3, 0.4) is 0 Å². The number of carbonyl (C=O) groups excluding carboxylic acids is 1. The van der Waals surface area contributed by atoms with Crippen molar-refractivity contribution < 1.29 is 9.90 Å². The number of allylic oxidation sites excluding steroid dienone is 4. The predicted octanol–water partition coefficient (Wildman–Crippen LogP) is 3.99. The molecular weight excluding hydrogens is 502 g/mol. The fraction of sp³-hybridized carbons (Fsp3) is 0.143. The lowest BCUT2D eigenvalue weighted by atomic mass is 10.1. The predicted molar refractivity (Wildman–Crippen MR) is 121 cm³/mol. The van der Waals surface area contributed by atoms with Crippen LogP contribution in [0.5, 0.6) is 0 Å². The van der Waals surface area contributed by atoms with Crippen LogP contribution in [0.1, 0.15) is 6.42 Å². The number of fused-ring (bicyclic) bond motifs is 2. The number of pyridine rings is 1. The van der Waals surface area contributed by atoms with E-state index in [1.54, 1.807) is 18.2 Å². The third kappa shape index (κ3) is 3.82. The normalized spacial score (nSPS) is 16.8. The molecule has 0 bridgehead atoms. The van der Waals surface area contributed by atoms with Crippen molar-refractivity contribution in [1.82, 2.24) is 15.4 Å². The van der Waals surface area contributed by atoms with E-state index in [0.717, 1.165) is 5.70 Å². The summed E-state index contributed by atoms with van der Waals surface area (Å²) in [7, 11) is 0. The largest absolute Gasteiger partial charge is 0.510 e. The lowest BCUT2D eigenvalue weighted by molar-refractivity contribution is -0.122. The number of aliphatic hydroxyl groups excluding tert-OH is 1. The smallest absolute Gasteiger partial charge is 0.258 e. The highest BCUT2D eigenvalue weighted by atomic mass is 79.9. The Bertz CT molecular complexity index is 1190. The lowest BCUT2D eigenvalue weighted by Crippen LogP contribution is -2.40. The molecule has 0 spiro atoms. The zero-order valence-electron chi connectivity index (χ0n) is 15.2. The van der Waals surface area contributed by atoms with Gasteiger partial charge in [0, 0.05) is 22.9 Å². The molecule has 1 aromatic heterocycles. The molecule has 4 rings (SSSR count). The Morgan fingerprint density at radius 3 is 2.28 bits per heavy atom. The summed E-state index contributed by atoms with van der Waals surface area (Å²) in [5.41, 5.74) is 7.73. The molecule has 1 aliphatic carbocycles. The number of alkyl halides is 1. The molecule has 1 aliphatic rings. The van der Waals surface area contributed by atoms with E-state index in [1.807, 2.05) is 41.0 Å². The molecule has 8 heteroatoms. The quantitative estimate of drug-likeness (QED) is 0.277. The Labute approximate surface area is 183 Å². The van der Waals surface area contributed by atoms with E-state index in [2.05, 4.69) is 42.7 Å². The minimum Gasteiger partial charge on any atom is -0.510 e. The second kappa shape index (κ2) is 8.04. The number of nitrogens with one attached hydrogen (secondary N) is 2. The molecule has 2 aromatic carbocycles. The van der Waals surface area contributed by atoms with E-state index < -0.39 is 0 Å².